The van der Waals surface area contributed by atoms with Crippen LogP contribution < -0.4 is 9.47 Å². The van der Waals surface area contributed by atoms with Gasteiger partial charge < -0.3 is 9.47 Å². The monoisotopic (exact) mass is 312 g/mol. The molecule has 2 radical (unpaired) electrons. The van der Waals surface area contributed by atoms with Crippen molar-refractivity contribution in [3.63, 3.8) is 0 Å². The van der Waals surface area contributed by atoms with Crippen LogP contribution in [0.25, 0.3) is 32.7 Å². The molecule has 0 unspecified atom stereocenters. The van der Waals surface area contributed by atoms with Crippen molar-refractivity contribution in [2.75, 3.05) is 14.2 Å². The molecule has 4 aromatic carbocycles. The van der Waals surface area contributed by atoms with Crippen LogP contribution in [-0.4, -0.2) is 14.2 Å². The van der Waals surface area contributed by atoms with Crippen LogP contribution in [0.4, 0.5) is 0 Å². The first-order chi connectivity index (χ1) is 11.8. The van der Waals surface area contributed by atoms with E-state index in [2.05, 4.69) is 36.4 Å². The lowest BCUT2D eigenvalue weighted by Crippen LogP contribution is -1.85. The molecule has 0 atom stereocenters. The Balaban J connectivity index is 1.79. The summed E-state index contributed by atoms with van der Waals surface area (Å²) in [6, 6.07) is 27.3. The van der Waals surface area contributed by atoms with E-state index in [1.165, 1.54) is 0 Å². The standard InChI is InChI=1S/C22H16O2/c1-23-21-9-7-17-11-15(3-5-19(17)13-21)16-4-6-20-14-22(24-2)10-8-18(20)12-16/h3-10,13-14H,1-2H3. The summed E-state index contributed by atoms with van der Waals surface area (Å²) >= 11 is 0. The van der Waals surface area contributed by atoms with Crippen molar-refractivity contribution in [3.05, 3.63) is 72.8 Å². The lowest BCUT2D eigenvalue weighted by atomic mass is 9.98. The molecule has 4 aromatic rings. The van der Waals surface area contributed by atoms with Gasteiger partial charge in [0.1, 0.15) is 11.5 Å². The largest absolute Gasteiger partial charge is 0.497 e. The number of ether oxygens (including phenoxy) is 2. The molecule has 2 nitrogen and oxygen atoms in total. The van der Waals surface area contributed by atoms with Gasteiger partial charge in [-0.05, 0) is 69.1 Å². The van der Waals surface area contributed by atoms with Crippen molar-refractivity contribution in [2.45, 2.75) is 0 Å². The predicted molar refractivity (Wildman–Crippen MR) is 97.7 cm³/mol. The summed E-state index contributed by atoms with van der Waals surface area (Å²) < 4.78 is 10.5. The Kier molecular flexibility index (Phi) is 3.58. The zero-order valence-corrected chi connectivity index (χ0v) is 13.6. The fraction of sp³-hybridized carbons (Fsp3) is 0.0909. The van der Waals surface area contributed by atoms with E-state index in [-0.39, 0.29) is 0 Å². The van der Waals surface area contributed by atoms with Crippen LogP contribution in [0.3, 0.4) is 0 Å². The molecule has 0 aliphatic rings. The third-order valence-electron chi connectivity index (χ3n) is 4.21. The van der Waals surface area contributed by atoms with E-state index in [1.807, 2.05) is 36.4 Å². The molecule has 0 amide bonds. The maximum absolute atomic E-state index is 5.27. The van der Waals surface area contributed by atoms with E-state index >= 15 is 0 Å². The van der Waals surface area contributed by atoms with E-state index in [9.17, 15) is 0 Å². The molecular formula is C22H16O2. The molecule has 0 heterocycles. The van der Waals surface area contributed by atoms with Crippen LogP contribution in [0.15, 0.2) is 60.7 Å². The SMILES string of the molecule is COc1ccc2[c]c(-c3[c]c4ccc(OC)cc4cc3)ccc2c1. The molecule has 0 N–H and O–H groups in total. The third kappa shape index (κ3) is 2.56. The Morgan fingerprint density at radius 3 is 1.46 bits per heavy atom. The predicted octanol–water partition coefficient (Wildman–Crippen LogP) is 5.28. The molecule has 2 heteroatoms. The van der Waals surface area contributed by atoms with Gasteiger partial charge in [0.25, 0.3) is 0 Å². The Labute approximate surface area is 141 Å². The maximum atomic E-state index is 5.27. The van der Waals surface area contributed by atoms with Crippen molar-refractivity contribution < 1.29 is 9.47 Å². The van der Waals surface area contributed by atoms with Gasteiger partial charge in [-0.15, -0.1) is 0 Å². The van der Waals surface area contributed by atoms with Crippen molar-refractivity contribution in [3.8, 4) is 22.6 Å². The summed E-state index contributed by atoms with van der Waals surface area (Å²) in [5.74, 6) is 1.71. The number of benzene rings is 4. The van der Waals surface area contributed by atoms with Gasteiger partial charge in [-0.25, -0.2) is 0 Å². The lowest BCUT2D eigenvalue weighted by molar-refractivity contribution is 0.415. The third-order valence-corrected chi connectivity index (χ3v) is 4.21. The second-order valence-electron chi connectivity index (χ2n) is 5.65. The molecule has 0 saturated carbocycles. The molecule has 0 aliphatic carbocycles. The lowest BCUT2D eigenvalue weighted by Gasteiger charge is -2.07. The van der Waals surface area contributed by atoms with E-state index < -0.39 is 0 Å². The summed E-state index contributed by atoms with van der Waals surface area (Å²) in [6.45, 7) is 0. The van der Waals surface area contributed by atoms with E-state index in [4.69, 9.17) is 9.47 Å². The Hall–Kier alpha value is -3.00. The minimum Gasteiger partial charge on any atom is -0.497 e. The summed E-state index contributed by atoms with van der Waals surface area (Å²) in [5, 5.41) is 4.36. The average molecular weight is 312 g/mol. The van der Waals surface area contributed by atoms with Gasteiger partial charge in [-0.2, -0.15) is 0 Å². The number of rotatable bonds is 3. The van der Waals surface area contributed by atoms with Crippen LogP contribution in [0, 0.1) is 12.1 Å². The van der Waals surface area contributed by atoms with E-state index in [1.54, 1.807) is 14.2 Å². The highest BCUT2D eigenvalue weighted by atomic mass is 16.5. The fourth-order valence-electron chi connectivity index (χ4n) is 2.87. The van der Waals surface area contributed by atoms with Gasteiger partial charge in [0.15, 0.2) is 0 Å². The molecule has 24 heavy (non-hydrogen) atoms. The summed E-state index contributed by atoms with van der Waals surface area (Å²) in [5.41, 5.74) is 2.07. The zero-order chi connectivity index (χ0) is 16.5. The number of hydrogen-bond acceptors (Lipinski definition) is 2. The second-order valence-corrected chi connectivity index (χ2v) is 5.65. The van der Waals surface area contributed by atoms with Gasteiger partial charge >= 0.3 is 0 Å². The number of hydrogen-bond donors (Lipinski definition) is 0. The molecule has 4 rings (SSSR count). The smallest absolute Gasteiger partial charge is 0.119 e. The molecule has 0 fully saturated rings. The summed E-state index contributed by atoms with van der Waals surface area (Å²) in [6.07, 6.45) is 0. The van der Waals surface area contributed by atoms with Crippen molar-refractivity contribution in [1.29, 1.82) is 0 Å². The summed E-state index contributed by atoms with van der Waals surface area (Å²) in [4.78, 5) is 0. The van der Waals surface area contributed by atoms with Crippen molar-refractivity contribution >= 4 is 21.5 Å². The second kappa shape index (κ2) is 5.89. The molecule has 0 bridgehead atoms. The van der Waals surface area contributed by atoms with Crippen molar-refractivity contribution in [1.82, 2.24) is 0 Å². The van der Waals surface area contributed by atoms with Crippen LogP contribution in [-0.2, 0) is 0 Å². The first-order valence-electron chi connectivity index (χ1n) is 7.77. The molecule has 0 aromatic heterocycles. The van der Waals surface area contributed by atoms with Crippen LogP contribution in [0.5, 0.6) is 11.5 Å². The van der Waals surface area contributed by atoms with E-state index in [0.717, 1.165) is 44.2 Å². The van der Waals surface area contributed by atoms with Gasteiger partial charge in [0.2, 0.25) is 0 Å². The van der Waals surface area contributed by atoms with Crippen molar-refractivity contribution in [2.24, 2.45) is 0 Å². The quantitative estimate of drug-likeness (QED) is 0.512. The molecular weight excluding hydrogens is 296 g/mol. The van der Waals surface area contributed by atoms with Crippen LogP contribution >= 0.6 is 0 Å². The highest BCUT2D eigenvalue weighted by molar-refractivity contribution is 5.91. The average Bonchev–Trinajstić information content (AvgIpc) is 2.66. The normalized spacial score (nSPS) is 10.9. The number of methoxy groups -OCH3 is 2. The Bertz CT molecular complexity index is 949. The minimum absolute atomic E-state index is 0.856. The van der Waals surface area contributed by atoms with Gasteiger partial charge in [-0.1, -0.05) is 36.4 Å². The first kappa shape index (κ1) is 14.6. The van der Waals surface area contributed by atoms with E-state index in [0.29, 0.717) is 0 Å². The van der Waals surface area contributed by atoms with Gasteiger partial charge in [0, 0.05) is 0 Å². The van der Waals surface area contributed by atoms with Gasteiger partial charge in [-0.3, -0.25) is 0 Å². The zero-order valence-electron chi connectivity index (χ0n) is 13.6. The molecule has 0 aliphatic heterocycles. The Morgan fingerprint density at radius 2 is 1.04 bits per heavy atom. The molecule has 0 saturated heterocycles. The van der Waals surface area contributed by atoms with Crippen LogP contribution in [0.2, 0.25) is 0 Å². The topological polar surface area (TPSA) is 18.5 Å². The first-order valence-corrected chi connectivity index (χ1v) is 7.77. The molecule has 0 spiro atoms. The Morgan fingerprint density at radius 1 is 0.583 bits per heavy atom. The van der Waals surface area contributed by atoms with Gasteiger partial charge in [0.05, 0.1) is 14.2 Å². The highest BCUT2D eigenvalue weighted by Crippen LogP contribution is 2.29. The maximum Gasteiger partial charge on any atom is 0.119 e. The van der Waals surface area contributed by atoms with Crippen LogP contribution in [0.1, 0.15) is 0 Å². The fourth-order valence-corrected chi connectivity index (χ4v) is 2.87. The highest BCUT2D eigenvalue weighted by Gasteiger charge is 2.04. The summed E-state index contributed by atoms with van der Waals surface area (Å²) in [7, 11) is 3.36. The molecule has 116 valence electrons. The minimum atomic E-state index is 0.856. The number of fused-ring (bicyclic) bond motifs is 2.